The third-order valence-electron chi connectivity index (χ3n) is 5.86. The minimum Gasteiger partial charge on any atom is -0.493 e. The van der Waals surface area contributed by atoms with Crippen LogP contribution in [0.25, 0.3) is 0 Å². The quantitative estimate of drug-likeness (QED) is 0.602. The van der Waals surface area contributed by atoms with E-state index < -0.39 is 0 Å². The van der Waals surface area contributed by atoms with Crippen LogP contribution in [0.1, 0.15) is 65.0 Å². The summed E-state index contributed by atoms with van der Waals surface area (Å²) in [5.41, 5.74) is 0.580. The molecule has 1 aliphatic carbocycles. The van der Waals surface area contributed by atoms with Gasteiger partial charge in [0.2, 0.25) is 0 Å². The van der Waals surface area contributed by atoms with Crippen LogP contribution in [0.2, 0.25) is 0 Å². The lowest BCUT2D eigenvalue weighted by atomic mass is 10.1. The van der Waals surface area contributed by atoms with Crippen molar-refractivity contribution in [3.05, 3.63) is 46.2 Å². The van der Waals surface area contributed by atoms with Crippen molar-refractivity contribution in [2.24, 2.45) is 0 Å². The first kappa shape index (κ1) is 20.0. The largest absolute Gasteiger partial charge is 0.493 e. The van der Waals surface area contributed by atoms with Crippen molar-refractivity contribution in [3.63, 3.8) is 0 Å². The van der Waals surface area contributed by atoms with Gasteiger partial charge in [-0.05, 0) is 68.2 Å². The second-order valence-electron chi connectivity index (χ2n) is 7.79. The number of Topliss-reactive ketones (excluding diaryl/α,β-unsaturated/α-hetero) is 1. The summed E-state index contributed by atoms with van der Waals surface area (Å²) in [5.74, 6) is 1.36. The average molecular weight is 414 g/mol. The fourth-order valence-corrected chi connectivity index (χ4v) is 4.99. The Morgan fingerprint density at radius 3 is 2.66 bits per heavy atom. The smallest absolute Gasteiger partial charge is 0.254 e. The number of methoxy groups -OCH3 is 1. The SMILES string of the molecule is COc1cc(C(=O)N2CCC[C@@H]2CC(=O)c2cccs2)ccc1OC1CCCC1. The minimum absolute atomic E-state index is 0.0440. The normalized spacial score (nSPS) is 19.5. The molecule has 5 nitrogen and oxygen atoms in total. The Labute approximate surface area is 175 Å². The molecule has 6 heteroatoms. The van der Waals surface area contributed by atoms with Crippen LogP contribution in [-0.2, 0) is 0 Å². The van der Waals surface area contributed by atoms with E-state index in [1.165, 1.54) is 24.2 Å². The molecule has 4 rings (SSSR count). The van der Waals surface area contributed by atoms with Gasteiger partial charge in [-0.15, -0.1) is 11.3 Å². The van der Waals surface area contributed by atoms with E-state index in [4.69, 9.17) is 9.47 Å². The molecule has 1 aromatic heterocycles. The Morgan fingerprint density at radius 2 is 1.93 bits per heavy atom. The zero-order valence-corrected chi connectivity index (χ0v) is 17.6. The molecule has 0 bridgehead atoms. The van der Waals surface area contributed by atoms with E-state index in [0.717, 1.165) is 30.6 Å². The highest BCUT2D eigenvalue weighted by molar-refractivity contribution is 7.12. The maximum atomic E-state index is 13.2. The van der Waals surface area contributed by atoms with Gasteiger partial charge in [0, 0.05) is 24.6 Å². The first-order chi connectivity index (χ1) is 14.2. The molecule has 0 spiro atoms. The number of likely N-dealkylation sites (tertiary alicyclic amines) is 1. The number of carbonyl (C=O) groups is 2. The summed E-state index contributed by atoms with van der Waals surface area (Å²) in [7, 11) is 1.60. The summed E-state index contributed by atoms with van der Waals surface area (Å²) >= 11 is 1.46. The third-order valence-corrected chi connectivity index (χ3v) is 6.77. The lowest BCUT2D eigenvalue weighted by Crippen LogP contribution is -2.36. The van der Waals surface area contributed by atoms with Crippen molar-refractivity contribution >= 4 is 23.0 Å². The summed E-state index contributed by atoms with van der Waals surface area (Å²) < 4.78 is 11.6. The van der Waals surface area contributed by atoms with Gasteiger partial charge in [0.25, 0.3) is 5.91 Å². The van der Waals surface area contributed by atoms with Crippen LogP contribution in [0.4, 0.5) is 0 Å². The summed E-state index contributed by atoms with van der Waals surface area (Å²) in [6.45, 7) is 0.684. The van der Waals surface area contributed by atoms with Crippen LogP contribution < -0.4 is 9.47 Å². The van der Waals surface area contributed by atoms with Gasteiger partial charge in [-0.3, -0.25) is 9.59 Å². The summed E-state index contributed by atoms with van der Waals surface area (Å²) in [6.07, 6.45) is 6.93. The second-order valence-corrected chi connectivity index (χ2v) is 8.74. The molecule has 2 aliphatic rings. The number of benzene rings is 1. The van der Waals surface area contributed by atoms with Crippen molar-refractivity contribution in [3.8, 4) is 11.5 Å². The molecule has 1 amide bonds. The summed E-state index contributed by atoms with van der Waals surface area (Å²) in [6, 6.07) is 9.11. The zero-order chi connectivity index (χ0) is 20.2. The van der Waals surface area contributed by atoms with Gasteiger partial charge in [0.15, 0.2) is 17.3 Å². The molecular weight excluding hydrogens is 386 g/mol. The van der Waals surface area contributed by atoms with Crippen molar-refractivity contribution < 1.29 is 19.1 Å². The van der Waals surface area contributed by atoms with Gasteiger partial charge in [-0.1, -0.05) is 6.07 Å². The standard InChI is InChI=1S/C23H27NO4S/c1-27-21-14-16(10-11-20(21)28-18-7-2-3-8-18)23(26)24-12-4-6-17(24)15-19(25)22-9-5-13-29-22/h5,9-11,13-14,17-18H,2-4,6-8,12,15H2,1H3/t17-/m1/s1. The van der Waals surface area contributed by atoms with E-state index in [0.29, 0.717) is 30.0 Å². The first-order valence-corrected chi connectivity index (χ1v) is 11.3. The number of hydrogen-bond acceptors (Lipinski definition) is 5. The van der Waals surface area contributed by atoms with Crippen LogP contribution >= 0.6 is 11.3 Å². The number of nitrogens with zero attached hydrogens (tertiary/aromatic N) is 1. The molecular formula is C23H27NO4S. The number of ether oxygens (including phenoxy) is 2. The highest BCUT2D eigenvalue weighted by atomic mass is 32.1. The maximum absolute atomic E-state index is 13.2. The van der Waals surface area contributed by atoms with Gasteiger partial charge >= 0.3 is 0 Å². The van der Waals surface area contributed by atoms with E-state index in [1.54, 1.807) is 13.2 Å². The van der Waals surface area contributed by atoms with Gasteiger partial charge in [0.1, 0.15) is 0 Å². The van der Waals surface area contributed by atoms with E-state index >= 15 is 0 Å². The summed E-state index contributed by atoms with van der Waals surface area (Å²) in [5, 5.41) is 1.91. The molecule has 2 aromatic rings. The third kappa shape index (κ3) is 4.47. The van der Waals surface area contributed by atoms with E-state index in [1.807, 2.05) is 34.5 Å². The van der Waals surface area contributed by atoms with Crippen molar-refractivity contribution in [1.82, 2.24) is 4.90 Å². The Bertz CT molecular complexity index is 858. The number of amides is 1. The number of thiophene rings is 1. The highest BCUT2D eigenvalue weighted by Crippen LogP contribution is 2.33. The lowest BCUT2D eigenvalue weighted by molar-refractivity contribution is 0.0717. The molecule has 0 radical (unpaired) electrons. The van der Waals surface area contributed by atoms with Crippen LogP contribution in [0.3, 0.4) is 0 Å². The molecule has 2 heterocycles. The lowest BCUT2D eigenvalue weighted by Gasteiger charge is -2.25. The Balaban J connectivity index is 1.46. The predicted molar refractivity (Wildman–Crippen MR) is 113 cm³/mol. The van der Waals surface area contributed by atoms with Crippen LogP contribution in [0.15, 0.2) is 35.7 Å². The van der Waals surface area contributed by atoms with Gasteiger partial charge in [-0.25, -0.2) is 0 Å². The molecule has 1 aliphatic heterocycles. The molecule has 154 valence electrons. The molecule has 1 saturated heterocycles. The van der Waals surface area contributed by atoms with E-state index in [2.05, 4.69) is 0 Å². The van der Waals surface area contributed by atoms with E-state index in [9.17, 15) is 9.59 Å². The van der Waals surface area contributed by atoms with Crippen molar-refractivity contribution in [2.45, 2.75) is 57.1 Å². The van der Waals surface area contributed by atoms with Gasteiger partial charge in [-0.2, -0.15) is 0 Å². The monoisotopic (exact) mass is 413 g/mol. The Hall–Kier alpha value is -2.34. The molecule has 1 aromatic carbocycles. The first-order valence-electron chi connectivity index (χ1n) is 10.4. The zero-order valence-electron chi connectivity index (χ0n) is 16.8. The van der Waals surface area contributed by atoms with Crippen LogP contribution in [-0.4, -0.2) is 42.4 Å². The number of ketones is 1. The average Bonchev–Trinajstić information content (AvgIpc) is 3.50. The second kappa shape index (κ2) is 8.99. The Morgan fingerprint density at radius 1 is 1.10 bits per heavy atom. The van der Waals surface area contributed by atoms with Crippen molar-refractivity contribution in [2.75, 3.05) is 13.7 Å². The van der Waals surface area contributed by atoms with Crippen LogP contribution in [0, 0.1) is 0 Å². The molecule has 29 heavy (non-hydrogen) atoms. The number of carbonyl (C=O) groups excluding carboxylic acids is 2. The summed E-state index contributed by atoms with van der Waals surface area (Å²) in [4.78, 5) is 28.3. The van der Waals surface area contributed by atoms with Gasteiger partial charge in [0.05, 0.1) is 18.1 Å². The minimum atomic E-state index is -0.0443. The fourth-order valence-electron chi connectivity index (χ4n) is 4.32. The number of rotatable bonds is 7. The molecule has 2 fully saturated rings. The number of hydrogen-bond donors (Lipinski definition) is 0. The molecule has 0 unspecified atom stereocenters. The molecule has 0 N–H and O–H groups in total. The topological polar surface area (TPSA) is 55.8 Å². The molecule has 1 saturated carbocycles. The maximum Gasteiger partial charge on any atom is 0.254 e. The highest BCUT2D eigenvalue weighted by Gasteiger charge is 2.32. The van der Waals surface area contributed by atoms with Crippen molar-refractivity contribution in [1.29, 1.82) is 0 Å². The molecule has 1 atom stereocenters. The predicted octanol–water partition coefficient (Wildman–Crippen LogP) is 4.96. The fraction of sp³-hybridized carbons (Fsp3) is 0.478. The van der Waals surface area contributed by atoms with E-state index in [-0.39, 0.29) is 23.8 Å². The van der Waals surface area contributed by atoms with Crippen LogP contribution in [0.5, 0.6) is 11.5 Å². The van der Waals surface area contributed by atoms with Gasteiger partial charge < -0.3 is 14.4 Å². The Kier molecular flexibility index (Phi) is 6.19.